The van der Waals surface area contributed by atoms with Crippen molar-refractivity contribution in [2.24, 2.45) is 0 Å². The van der Waals surface area contributed by atoms with Crippen LogP contribution in [-0.2, 0) is 14.8 Å². The van der Waals surface area contributed by atoms with Gasteiger partial charge in [-0.1, -0.05) is 12.5 Å². The molecule has 4 rings (SSSR count). The van der Waals surface area contributed by atoms with Crippen molar-refractivity contribution in [3.63, 3.8) is 0 Å². The van der Waals surface area contributed by atoms with Crippen LogP contribution in [0.1, 0.15) is 24.8 Å². The molecule has 1 amide bonds. The summed E-state index contributed by atoms with van der Waals surface area (Å²) in [6, 6.07) is 6.75. The molecule has 176 valence electrons. The number of amides is 1. The van der Waals surface area contributed by atoms with Gasteiger partial charge in [0.1, 0.15) is 10.6 Å². The number of benzene rings is 1. The Hall–Kier alpha value is -2.98. The first kappa shape index (κ1) is 23.2. The quantitative estimate of drug-likeness (QED) is 0.595. The van der Waals surface area contributed by atoms with E-state index in [2.05, 4.69) is 14.9 Å². The average Bonchev–Trinajstić information content (AvgIpc) is 2.88. The number of hydrogen-bond donors (Lipinski definition) is 0. The number of ether oxygens (including phenoxy) is 1. The minimum absolute atomic E-state index is 0.111. The van der Waals surface area contributed by atoms with Crippen molar-refractivity contribution in [3.8, 4) is 5.75 Å². The number of piperazine rings is 1. The average molecular weight is 472 g/mol. The molecule has 0 radical (unpaired) electrons. The third-order valence-electron chi connectivity index (χ3n) is 5.97. The second-order valence-corrected chi connectivity index (χ2v) is 9.98. The van der Waals surface area contributed by atoms with Gasteiger partial charge < -0.3 is 14.5 Å². The number of carbonyl (C=O) groups is 1. The number of hydrogen-bond acceptors (Lipinski definition) is 7. The van der Waals surface area contributed by atoms with E-state index < -0.39 is 10.0 Å². The van der Waals surface area contributed by atoms with Crippen molar-refractivity contribution in [1.82, 2.24) is 19.2 Å². The maximum absolute atomic E-state index is 13.2. The summed E-state index contributed by atoms with van der Waals surface area (Å²) in [5.74, 6) is 0.865. The molecule has 0 aliphatic carbocycles. The molecular formula is C23H29N5O4S. The van der Waals surface area contributed by atoms with Crippen molar-refractivity contribution in [2.75, 3.05) is 51.3 Å². The lowest BCUT2D eigenvalue weighted by atomic mass is 10.2. The van der Waals surface area contributed by atoms with Gasteiger partial charge in [-0.05, 0) is 42.7 Å². The van der Waals surface area contributed by atoms with Crippen LogP contribution in [0.5, 0.6) is 5.75 Å². The number of piperidine rings is 1. The minimum atomic E-state index is -3.66. The number of methoxy groups -OCH3 is 1. The molecule has 2 fully saturated rings. The number of nitrogens with zero attached hydrogens (tertiary/aromatic N) is 5. The van der Waals surface area contributed by atoms with Gasteiger partial charge in [-0.25, -0.2) is 18.4 Å². The fraction of sp³-hybridized carbons (Fsp3) is 0.435. The molecular weight excluding hydrogens is 442 g/mol. The maximum atomic E-state index is 13.2. The van der Waals surface area contributed by atoms with Crippen LogP contribution in [0.4, 0.5) is 5.95 Å². The number of carbonyl (C=O) groups excluding carboxylic acids is 1. The molecule has 0 atom stereocenters. The molecule has 2 aliphatic rings. The summed E-state index contributed by atoms with van der Waals surface area (Å²) in [5, 5.41) is 0. The fourth-order valence-corrected chi connectivity index (χ4v) is 5.80. The summed E-state index contributed by atoms with van der Waals surface area (Å²) in [5.41, 5.74) is 0.635. The molecule has 0 unspecified atom stereocenters. The van der Waals surface area contributed by atoms with E-state index in [0.29, 0.717) is 56.5 Å². The van der Waals surface area contributed by atoms with E-state index in [4.69, 9.17) is 4.74 Å². The molecule has 33 heavy (non-hydrogen) atoms. The normalized spacial score (nSPS) is 18.0. The van der Waals surface area contributed by atoms with Gasteiger partial charge in [0.25, 0.3) is 0 Å². The molecule has 0 N–H and O–H groups in total. The van der Waals surface area contributed by atoms with Crippen molar-refractivity contribution < 1.29 is 17.9 Å². The molecule has 2 aliphatic heterocycles. The minimum Gasteiger partial charge on any atom is -0.495 e. The maximum Gasteiger partial charge on any atom is 0.246 e. The molecule has 9 nitrogen and oxygen atoms in total. The van der Waals surface area contributed by atoms with Crippen LogP contribution in [0.15, 0.2) is 47.6 Å². The summed E-state index contributed by atoms with van der Waals surface area (Å²) in [7, 11) is -2.20. The zero-order valence-electron chi connectivity index (χ0n) is 18.8. The number of aromatic nitrogens is 2. The monoisotopic (exact) mass is 471 g/mol. The Kier molecular flexibility index (Phi) is 7.24. The van der Waals surface area contributed by atoms with Crippen molar-refractivity contribution in [2.45, 2.75) is 24.2 Å². The third kappa shape index (κ3) is 5.33. The molecule has 2 aromatic rings. The predicted octanol–water partition coefficient (Wildman–Crippen LogP) is 2.02. The van der Waals surface area contributed by atoms with Crippen LogP contribution in [0, 0.1) is 0 Å². The first-order valence-electron chi connectivity index (χ1n) is 11.2. The Bertz CT molecular complexity index is 1090. The first-order valence-corrected chi connectivity index (χ1v) is 12.6. The van der Waals surface area contributed by atoms with Crippen molar-refractivity contribution in [3.05, 3.63) is 48.3 Å². The van der Waals surface area contributed by atoms with Gasteiger partial charge in [-0.15, -0.1) is 0 Å². The molecule has 0 saturated carbocycles. The standard InChI is InChI=1S/C23H29N5O4S/c1-32-20-8-6-19(18-21(20)33(30,31)28-12-3-2-4-13-28)7-9-22(29)26-14-16-27(17-15-26)23-24-10-5-11-25-23/h5-11,18H,2-4,12-17H2,1H3/b9-7+. The van der Waals surface area contributed by atoms with Crippen LogP contribution < -0.4 is 9.64 Å². The van der Waals surface area contributed by atoms with Gasteiger partial charge in [0.05, 0.1) is 7.11 Å². The molecule has 0 bridgehead atoms. The highest BCUT2D eigenvalue weighted by Crippen LogP contribution is 2.30. The predicted molar refractivity (Wildman–Crippen MR) is 125 cm³/mol. The van der Waals surface area contributed by atoms with E-state index in [-0.39, 0.29) is 10.8 Å². The number of rotatable bonds is 6. The highest BCUT2D eigenvalue weighted by atomic mass is 32.2. The second kappa shape index (κ2) is 10.3. The first-order chi connectivity index (χ1) is 16.0. The lowest BCUT2D eigenvalue weighted by molar-refractivity contribution is -0.126. The topological polar surface area (TPSA) is 95.9 Å². The summed E-state index contributed by atoms with van der Waals surface area (Å²) < 4.78 is 33.2. The van der Waals surface area contributed by atoms with Gasteiger partial charge in [0, 0.05) is 57.7 Å². The largest absolute Gasteiger partial charge is 0.495 e. The molecule has 10 heteroatoms. The van der Waals surface area contributed by atoms with Gasteiger partial charge in [-0.3, -0.25) is 4.79 Å². The molecule has 1 aromatic carbocycles. The lowest BCUT2D eigenvalue weighted by Gasteiger charge is -2.34. The van der Waals surface area contributed by atoms with Gasteiger partial charge in [-0.2, -0.15) is 4.31 Å². The van der Waals surface area contributed by atoms with Crippen molar-refractivity contribution >= 4 is 28.0 Å². The smallest absolute Gasteiger partial charge is 0.246 e. The van der Waals surface area contributed by atoms with Gasteiger partial charge in [0.2, 0.25) is 21.9 Å². The van der Waals surface area contributed by atoms with E-state index in [1.165, 1.54) is 17.5 Å². The molecule has 2 saturated heterocycles. The van der Waals surface area contributed by atoms with Crippen LogP contribution in [0.3, 0.4) is 0 Å². The second-order valence-electron chi connectivity index (χ2n) is 8.07. The summed E-state index contributed by atoms with van der Waals surface area (Å²) in [4.78, 5) is 25.2. The van der Waals surface area contributed by atoms with E-state index in [0.717, 1.165) is 19.3 Å². The molecule has 3 heterocycles. The third-order valence-corrected chi connectivity index (χ3v) is 7.89. The zero-order valence-corrected chi connectivity index (χ0v) is 19.6. The van der Waals surface area contributed by atoms with Crippen LogP contribution in [0.25, 0.3) is 6.08 Å². The number of sulfonamides is 1. The highest BCUT2D eigenvalue weighted by molar-refractivity contribution is 7.89. The van der Waals surface area contributed by atoms with Gasteiger partial charge in [0.15, 0.2) is 0 Å². The highest BCUT2D eigenvalue weighted by Gasteiger charge is 2.29. The van der Waals surface area contributed by atoms with E-state index in [9.17, 15) is 13.2 Å². The van der Waals surface area contributed by atoms with E-state index in [1.807, 2.05) is 0 Å². The Labute approximate surface area is 194 Å². The summed E-state index contributed by atoms with van der Waals surface area (Å²) >= 11 is 0. The molecule has 0 spiro atoms. The van der Waals surface area contributed by atoms with E-state index >= 15 is 0 Å². The fourth-order valence-electron chi connectivity index (χ4n) is 4.10. The van der Waals surface area contributed by atoms with Crippen LogP contribution in [-0.4, -0.2) is 79.9 Å². The summed E-state index contributed by atoms with van der Waals surface area (Å²) in [6.45, 7) is 3.49. The molecule has 1 aromatic heterocycles. The van der Waals surface area contributed by atoms with Gasteiger partial charge >= 0.3 is 0 Å². The Balaban J connectivity index is 1.44. The van der Waals surface area contributed by atoms with Crippen molar-refractivity contribution in [1.29, 1.82) is 0 Å². The SMILES string of the molecule is COc1ccc(/C=C/C(=O)N2CCN(c3ncccn3)CC2)cc1S(=O)(=O)N1CCCCC1. The Morgan fingerprint density at radius 1 is 1.00 bits per heavy atom. The van der Waals surface area contributed by atoms with E-state index in [1.54, 1.807) is 47.6 Å². The Morgan fingerprint density at radius 3 is 2.36 bits per heavy atom. The summed E-state index contributed by atoms with van der Waals surface area (Å²) in [6.07, 6.45) is 9.32. The zero-order chi connectivity index (χ0) is 23.3. The van der Waals surface area contributed by atoms with Crippen LogP contribution >= 0.6 is 0 Å². The number of anilines is 1. The lowest BCUT2D eigenvalue weighted by Crippen LogP contribution is -2.48. The van der Waals surface area contributed by atoms with Crippen LogP contribution in [0.2, 0.25) is 0 Å². The Morgan fingerprint density at radius 2 is 1.70 bits per heavy atom.